The van der Waals surface area contributed by atoms with E-state index in [4.69, 9.17) is 0 Å². The molecule has 3 heteroatoms. The number of quaternary nitrogens is 1. The van der Waals surface area contributed by atoms with Gasteiger partial charge in [0, 0.05) is 12.0 Å². The van der Waals surface area contributed by atoms with Gasteiger partial charge in [-0.25, -0.2) is 0 Å². The molecule has 1 unspecified atom stereocenters. The van der Waals surface area contributed by atoms with Crippen LogP contribution in [0.1, 0.15) is 42.1 Å². The third-order valence-electron chi connectivity index (χ3n) is 4.98. The summed E-state index contributed by atoms with van der Waals surface area (Å²) in [5.74, 6) is 0.136. The molecule has 3 rings (SSSR count). The summed E-state index contributed by atoms with van der Waals surface area (Å²) in [6.07, 6.45) is 2.10. The molecule has 126 valence electrons. The molecule has 0 saturated heterocycles. The maximum atomic E-state index is 12.4. The van der Waals surface area contributed by atoms with Crippen LogP contribution in [0.25, 0.3) is 0 Å². The summed E-state index contributed by atoms with van der Waals surface area (Å²) in [5, 5.41) is 3.15. The lowest BCUT2D eigenvalue weighted by molar-refractivity contribution is -0.908. The Morgan fingerprint density at radius 1 is 1.12 bits per heavy atom. The zero-order valence-electron chi connectivity index (χ0n) is 14.6. The van der Waals surface area contributed by atoms with Crippen molar-refractivity contribution in [1.29, 1.82) is 0 Å². The smallest absolute Gasteiger partial charge is 0.275 e. The Morgan fingerprint density at radius 2 is 1.83 bits per heavy atom. The molecule has 2 aromatic rings. The molecule has 2 aromatic carbocycles. The molecule has 0 aliphatic carbocycles. The summed E-state index contributed by atoms with van der Waals surface area (Å²) < 4.78 is 0. The average Bonchev–Trinajstić information content (AvgIpc) is 2.61. The number of hydrogen-bond acceptors (Lipinski definition) is 1. The molecule has 2 atom stereocenters. The summed E-state index contributed by atoms with van der Waals surface area (Å²) in [6.45, 7) is 6.73. The zero-order chi connectivity index (χ0) is 16.9. The van der Waals surface area contributed by atoms with Crippen LogP contribution in [0.5, 0.6) is 0 Å². The van der Waals surface area contributed by atoms with Gasteiger partial charge in [-0.3, -0.25) is 4.79 Å². The van der Waals surface area contributed by atoms with Gasteiger partial charge in [-0.1, -0.05) is 55.5 Å². The van der Waals surface area contributed by atoms with Crippen molar-refractivity contribution in [1.82, 2.24) is 5.32 Å². The summed E-state index contributed by atoms with van der Waals surface area (Å²) in [7, 11) is 0. The van der Waals surface area contributed by atoms with Crippen LogP contribution in [0.4, 0.5) is 0 Å². The van der Waals surface area contributed by atoms with Crippen LogP contribution >= 0.6 is 0 Å². The van der Waals surface area contributed by atoms with Crippen LogP contribution in [0.2, 0.25) is 0 Å². The highest BCUT2D eigenvalue weighted by Gasteiger charge is 2.22. The van der Waals surface area contributed by atoms with E-state index in [1.54, 1.807) is 0 Å². The molecule has 0 spiro atoms. The van der Waals surface area contributed by atoms with Crippen molar-refractivity contribution in [2.75, 3.05) is 13.1 Å². The largest absolute Gasteiger partial charge is 0.345 e. The Balaban J connectivity index is 1.54. The Labute approximate surface area is 144 Å². The Morgan fingerprint density at radius 3 is 2.54 bits per heavy atom. The van der Waals surface area contributed by atoms with Gasteiger partial charge in [0.25, 0.3) is 5.91 Å². The zero-order valence-corrected chi connectivity index (χ0v) is 14.6. The second-order valence-corrected chi connectivity index (χ2v) is 6.76. The van der Waals surface area contributed by atoms with E-state index in [9.17, 15) is 4.79 Å². The standard InChI is InChI=1S/C21H26N2O/c1-3-17-8-10-18(11-9-17)16(2)22-21(24)15-23-13-12-19-6-4-5-7-20(19)14-23/h4-11,16H,3,12-15H2,1-2H3,(H,22,24)/p+1/t16-/m0/s1. The van der Waals surface area contributed by atoms with Gasteiger partial charge < -0.3 is 10.2 Å². The number of benzene rings is 2. The van der Waals surface area contributed by atoms with E-state index in [0.29, 0.717) is 6.54 Å². The molecular weight excluding hydrogens is 296 g/mol. The van der Waals surface area contributed by atoms with E-state index < -0.39 is 0 Å². The SMILES string of the molecule is CCc1ccc([C@H](C)NC(=O)C[NH+]2CCc3ccccc3C2)cc1. The van der Waals surface area contributed by atoms with E-state index in [1.165, 1.54) is 27.2 Å². The van der Waals surface area contributed by atoms with Gasteiger partial charge >= 0.3 is 0 Å². The highest BCUT2D eigenvalue weighted by atomic mass is 16.2. The topological polar surface area (TPSA) is 33.5 Å². The van der Waals surface area contributed by atoms with Gasteiger partial charge in [-0.05, 0) is 30.0 Å². The predicted molar refractivity (Wildman–Crippen MR) is 96.9 cm³/mol. The molecule has 1 aliphatic rings. The van der Waals surface area contributed by atoms with Crippen LogP contribution in [-0.4, -0.2) is 19.0 Å². The minimum absolute atomic E-state index is 0.0554. The summed E-state index contributed by atoms with van der Waals surface area (Å²) in [6, 6.07) is 17.2. The molecule has 0 radical (unpaired) electrons. The van der Waals surface area contributed by atoms with Gasteiger partial charge in [0.05, 0.1) is 12.6 Å². The number of aryl methyl sites for hydroxylation is 1. The van der Waals surface area contributed by atoms with Crippen LogP contribution < -0.4 is 10.2 Å². The minimum atomic E-state index is 0.0554. The first-order chi connectivity index (χ1) is 11.7. The lowest BCUT2D eigenvalue weighted by Crippen LogP contribution is -3.12. The Bertz CT molecular complexity index is 693. The van der Waals surface area contributed by atoms with Crippen molar-refractivity contribution in [3.63, 3.8) is 0 Å². The van der Waals surface area contributed by atoms with Crippen LogP contribution in [0, 0.1) is 0 Å². The maximum Gasteiger partial charge on any atom is 0.275 e. The van der Waals surface area contributed by atoms with Crippen molar-refractivity contribution >= 4 is 5.91 Å². The number of amides is 1. The molecule has 1 heterocycles. The van der Waals surface area contributed by atoms with E-state index in [2.05, 4.69) is 67.7 Å². The molecule has 2 N–H and O–H groups in total. The fourth-order valence-electron chi connectivity index (χ4n) is 3.44. The van der Waals surface area contributed by atoms with Crippen molar-refractivity contribution in [3.8, 4) is 0 Å². The van der Waals surface area contributed by atoms with Gasteiger partial charge in [-0.2, -0.15) is 0 Å². The van der Waals surface area contributed by atoms with E-state index >= 15 is 0 Å². The number of fused-ring (bicyclic) bond motifs is 1. The average molecular weight is 323 g/mol. The molecule has 1 amide bonds. The second kappa shape index (κ2) is 7.63. The fourth-order valence-corrected chi connectivity index (χ4v) is 3.44. The van der Waals surface area contributed by atoms with Crippen LogP contribution in [0.3, 0.4) is 0 Å². The van der Waals surface area contributed by atoms with E-state index in [1.807, 2.05) is 0 Å². The molecular formula is C21H27N2O+. The first kappa shape index (κ1) is 16.7. The molecule has 1 aliphatic heterocycles. The number of nitrogens with one attached hydrogen (secondary N) is 2. The lowest BCUT2D eigenvalue weighted by atomic mass is 10.00. The number of carbonyl (C=O) groups excluding carboxylic acids is 1. The highest BCUT2D eigenvalue weighted by molar-refractivity contribution is 5.77. The number of hydrogen-bond donors (Lipinski definition) is 2. The molecule has 24 heavy (non-hydrogen) atoms. The van der Waals surface area contributed by atoms with Crippen LogP contribution in [-0.2, 0) is 24.2 Å². The van der Waals surface area contributed by atoms with Crippen LogP contribution in [0.15, 0.2) is 48.5 Å². The molecule has 0 saturated carbocycles. The molecule has 0 fully saturated rings. The van der Waals surface area contributed by atoms with Gasteiger partial charge in [0.15, 0.2) is 6.54 Å². The number of carbonyl (C=O) groups is 1. The first-order valence-corrected chi connectivity index (χ1v) is 8.94. The Hall–Kier alpha value is -2.13. The summed E-state index contributed by atoms with van der Waals surface area (Å²) in [5.41, 5.74) is 5.31. The van der Waals surface area contributed by atoms with Gasteiger partial charge in [0.2, 0.25) is 0 Å². The Kier molecular flexibility index (Phi) is 5.31. The highest BCUT2D eigenvalue weighted by Crippen LogP contribution is 2.14. The van der Waals surface area contributed by atoms with E-state index in [0.717, 1.165) is 25.9 Å². The van der Waals surface area contributed by atoms with E-state index in [-0.39, 0.29) is 11.9 Å². The van der Waals surface area contributed by atoms with Crippen molar-refractivity contribution < 1.29 is 9.69 Å². The monoisotopic (exact) mass is 323 g/mol. The predicted octanol–water partition coefficient (Wildman–Crippen LogP) is 2.07. The third kappa shape index (κ3) is 4.04. The number of rotatable bonds is 5. The van der Waals surface area contributed by atoms with Gasteiger partial charge in [0.1, 0.15) is 6.54 Å². The molecule has 0 aromatic heterocycles. The second-order valence-electron chi connectivity index (χ2n) is 6.76. The summed E-state index contributed by atoms with van der Waals surface area (Å²) >= 11 is 0. The molecule has 0 bridgehead atoms. The van der Waals surface area contributed by atoms with Crippen molar-refractivity contribution in [3.05, 3.63) is 70.8 Å². The normalized spacial score (nSPS) is 17.8. The quantitative estimate of drug-likeness (QED) is 0.868. The minimum Gasteiger partial charge on any atom is -0.345 e. The van der Waals surface area contributed by atoms with Crippen molar-refractivity contribution in [2.45, 2.75) is 39.3 Å². The van der Waals surface area contributed by atoms with Crippen molar-refractivity contribution in [2.24, 2.45) is 0 Å². The third-order valence-corrected chi connectivity index (χ3v) is 4.98. The fraction of sp³-hybridized carbons (Fsp3) is 0.381. The lowest BCUT2D eigenvalue weighted by Gasteiger charge is -2.26. The molecule has 3 nitrogen and oxygen atoms in total. The first-order valence-electron chi connectivity index (χ1n) is 8.94. The summed E-state index contributed by atoms with van der Waals surface area (Å²) in [4.78, 5) is 13.7. The van der Waals surface area contributed by atoms with Gasteiger partial charge in [-0.15, -0.1) is 0 Å². The maximum absolute atomic E-state index is 12.4.